The van der Waals surface area contributed by atoms with E-state index in [4.69, 9.17) is 4.74 Å². The predicted octanol–water partition coefficient (Wildman–Crippen LogP) is 4.15. The van der Waals surface area contributed by atoms with Crippen LogP contribution in [0.1, 0.15) is 49.4 Å². The van der Waals surface area contributed by atoms with Gasteiger partial charge in [0.15, 0.2) is 5.78 Å². The second-order valence-electron chi connectivity index (χ2n) is 5.58. The van der Waals surface area contributed by atoms with E-state index >= 15 is 0 Å². The molecular weight excluding hydrogens is 282 g/mol. The summed E-state index contributed by atoms with van der Waals surface area (Å²) in [6.07, 6.45) is 8.09. The SMILES string of the molecule is CCOc1ccc2c(c1)C(=O)[C@H](C=NC1CCCCC1)S2. The molecule has 0 bridgehead atoms. The van der Waals surface area contributed by atoms with E-state index < -0.39 is 0 Å². The highest BCUT2D eigenvalue weighted by atomic mass is 32.2. The average Bonchev–Trinajstić information content (AvgIpc) is 2.83. The zero-order valence-electron chi connectivity index (χ0n) is 12.4. The van der Waals surface area contributed by atoms with Gasteiger partial charge in [0.1, 0.15) is 11.0 Å². The maximum atomic E-state index is 12.5. The van der Waals surface area contributed by atoms with E-state index in [2.05, 4.69) is 4.99 Å². The van der Waals surface area contributed by atoms with E-state index in [-0.39, 0.29) is 11.0 Å². The Hall–Kier alpha value is -1.29. The third-order valence-electron chi connectivity index (χ3n) is 4.05. The van der Waals surface area contributed by atoms with Crippen LogP contribution in [0, 0.1) is 0 Å². The van der Waals surface area contributed by atoms with Crippen molar-refractivity contribution in [1.29, 1.82) is 0 Å². The Bertz CT molecular complexity index is 550. The van der Waals surface area contributed by atoms with Crippen molar-refractivity contribution in [2.75, 3.05) is 6.61 Å². The topological polar surface area (TPSA) is 38.7 Å². The molecule has 0 radical (unpaired) electrons. The Balaban J connectivity index is 1.69. The molecule has 0 spiro atoms. The first kappa shape index (κ1) is 14.6. The fourth-order valence-corrected chi connectivity index (χ4v) is 4.00. The highest BCUT2D eigenvalue weighted by molar-refractivity contribution is 8.02. The number of hydrogen-bond donors (Lipinski definition) is 0. The molecule has 1 atom stereocenters. The van der Waals surface area contributed by atoms with Crippen molar-refractivity contribution in [3.8, 4) is 5.75 Å². The fraction of sp³-hybridized carbons (Fsp3) is 0.529. The molecule has 3 nitrogen and oxygen atoms in total. The van der Waals surface area contributed by atoms with Gasteiger partial charge in [-0.25, -0.2) is 0 Å². The van der Waals surface area contributed by atoms with E-state index in [1.165, 1.54) is 32.1 Å². The Morgan fingerprint density at radius 3 is 2.90 bits per heavy atom. The summed E-state index contributed by atoms with van der Waals surface area (Å²) in [5, 5.41) is -0.154. The van der Waals surface area contributed by atoms with Gasteiger partial charge in [-0.05, 0) is 38.0 Å². The maximum absolute atomic E-state index is 12.5. The number of ketones is 1. The van der Waals surface area contributed by atoms with Crippen LogP contribution in [0.2, 0.25) is 0 Å². The minimum Gasteiger partial charge on any atom is -0.494 e. The second kappa shape index (κ2) is 6.65. The maximum Gasteiger partial charge on any atom is 0.182 e. The molecular formula is C17H21NO2S. The quantitative estimate of drug-likeness (QED) is 0.784. The van der Waals surface area contributed by atoms with Gasteiger partial charge in [-0.15, -0.1) is 11.8 Å². The number of aliphatic imine (C=N–C) groups is 1. The van der Waals surface area contributed by atoms with E-state index in [0.717, 1.165) is 16.2 Å². The molecule has 1 fully saturated rings. The predicted molar refractivity (Wildman–Crippen MR) is 87.0 cm³/mol. The van der Waals surface area contributed by atoms with Gasteiger partial charge < -0.3 is 4.74 Å². The number of rotatable bonds is 4. The van der Waals surface area contributed by atoms with E-state index in [1.54, 1.807) is 11.8 Å². The van der Waals surface area contributed by atoms with Crippen LogP contribution in [0.4, 0.5) is 0 Å². The van der Waals surface area contributed by atoms with Crippen LogP contribution in [0.5, 0.6) is 5.75 Å². The molecule has 0 unspecified atom stereocenters. The van der Waals surface area contributed by atoms with E-state index in [0.29, 0.717) is 12.6 Å². The Kier molecular flexibility index (Phi) is 4.63. The summed E-state index contributed by atoms with van der Waals surface area (Å²) >= 11 is 1.61. The number of carbonyl (C=O) groups excluding carboxylic acids is 1. The van der Waals surface area contributed by atoms with Gasteiger partial charge in [0.2, 0.25) is 0 Å². The zero-order valence-corrected chi connectivity index (χ0v) is 13.2. The Labute approximate surface area is 130 Å². The summed E-state index contributed by atoms with van der Waals surface area (Å²) < 4.78 is 5.47. The lowest BCUT2D eigenvalue weighted by atomic mass is 9.96. The number of benzene rings is 1. The average molecular weight is 303 g/mol. The molecule has 112 valence electrons. The van der Waals surface area contributed by atoms with Gasteiger partial charge in [-0.3, -0.25) is 9.79 Å². The lowest BCUT2D eigenvalue weighted by Gasteiger charge is -2.17. The molecule has 0 amide bonds. The first-order valence-electron chi connectivity index (χ1n) is 7.79. The molecule has 0 aromatic heterocycles. The minimum absolute atomic E-state index is 0.154. The molecule has 1 aliphatic carbocycles. The number of Topliss-reactive ketones (excluding diaryl/α,β-unsaturated/α-hetero) is 1. The van der Waals surface area contributed by atoms with Gasteiger partial charge >= 0.3 is 0 Å². The standard InChI is InChI=1S/C17H21NO2S/c1-2-20-13-8-9-15-14(10-13)17(19)16(21-15)11-18-12-6-4-3-5-7-12/h8-12,16H,2-7H2,1H3/t16-/m0/s1. The number of fused-ring (bicyclic) bond motifs is 1. The minimum atomic E-state index is -0.154. The van der Waals surface area contributed by atoms with Crippen molar-refractivity contribution in [3.63, 3.8) is 0 Å². The number of nitrogens with zero attached hydrogens (tertiary/aromatic N) is 1. The lowest BCUT2D eigenvalue weighted by molar-refractivity contribution is 0.101. The molecule has 2 aliphatic rings. The molecule has 0 saturated heterocycles. The van der Waals surface area contributed by atoms with Crippen LogP contribution in [-0.4, -0.2) is 29.9 Å². The molecule has 3 rings (SSSR count). The van der Waals surface area contributed by atoms with Crippen molar-refractivity contribution in [3.05, 3.63) is 23.8 Å². The van der Waals surface area contributed by atoms with Gasteiger partial charge in [0.25, 0.3) is 0 Å². The summed E-state index contributed by atoms with van der Waals surface area (Å²) in [7, 11) is 0. The van der Waals surface area contributed by atoms with Crippen LogP contribution in [0.15, 0.2) is 28.1 Å². The molecule has 1 aliphatic heterocycles. The Morgan fingerprint density at radius 1 is 1.33 bits per heavy atom. The highest BCUT2D eigenvalue weighted by Crippen LogP contribution is 2.38. The summed E-state index contributed by atoms with van der Waals surface area (Å²) in [6, 6.07) is 6.21. The third kappa shape index (κ3) is 3.31. The molecule has 0 N–H and O–H groups in total. The molecule has 21 heavy (non-hydrogen) atoms. The van der Waals surface area contributed by atoms with Crippen LogP contribution in [-0.2, 0) is 0 Å². The first-order chi connectivity index (χ1) is 10.3. The zero-order chi connectivity index (χ0) is 14.7. The van der Waals surface area contributed by atoms with Crippen molar-refractivity contribution < 1.29 is 9.53 Å². The van der Waals surface area contributed by atoms with Gasteiger partial charge in [0.05, 0.1) is 6.61 Å². The lowest BCUT2D eigenvalue weighted by Crippen LogP contribution is -2.16. The Morgan fingerprint density at radius 2 is 2.14 bits per heavy atom. The van der Waals surface area contributed by atoms with Gasteiger partial charge in [-0.2, -0.15) is 0 Å². The van der Waals surface area contributed by atoms with E-state index in [9.17, 15) is 4.79 Å². The summed E-state index contributed by atoms with van der Waals surface area (Å²) in [5.74, 6) is 0.936. The molecule has 4 heteroatoms. The van der Waals surface area contributed by atoms with Crippen molar-refractivity contribution in [2.45, 2.75) is 55.2 Å². The van der Waals surface area contributed by atoms with E-state index in [1.807, 2.05) is 31.3 Å². The second-order valence-corrected chi connectivity index (χ2v) is 6.77. The van der Waals surface area contributed by atoms with Gasteiger partial charge in [-0.1, -0.05) is 19.3 Å². The molecule has 1 saturated carbocycles. The smallest absolute Gasteiger partial charge is 0.182 e. The van der Waals surface area contributed by atoms with Gasteiger partial charge in [0, 0.05) is 22.7 Å². The van der Waals surface area contributed by atoms with Crippen LogP contribution < -0.4 is 4.74 Å². The van der Waals surface area contributed by atoms with Crippen molar-refractivity contribution in [2.24, 2.45) is 4.99 Å². The number of ether oxygens (including phenoxy) is 1. The fourth-order valence-electron chi connectivity index (χ4n) is 2.93. The summed E-state index contributed by atoms with van der Waals surface area (Å²) in [4.78, 5) is 18.2. The number of thioether (sulfide) groups is 1. The molecule has 1 aromatic carbocycles. The number of hydrogen-bond acceptors (Lipinski definition) is 4. The van der Waals surface area contributed by atoms with Crippen LogP contribution >= 0.6 is 11.8 Å². The normalized spacial score (nSPS) is 22.7. The first-order valence-corrected chi connectivity index (χ1v) is 8.67. The third-order valence-corrected chi connectivity index (χ3v) is 5.25. The van der Waals surface area contributed by atoms with Crippen molar-refractivity contribution >= 4 is 23.8 Å². The summed E-state index contributed by atoms with van der Waals surface area (Å²) in [5.41, 5.74) is 0.783. The van der Waals surface area contributed by atoms with Crippen molar-refractivity contribution in [1.82, 2.24) is 0 Å². The molecule has 1 heterocycles. The largest absolute Gasteiger partial charge is 0.494 e. The highest BCUT2D eigenvalue weighted by Gasteiger charge is 2.30. The number of carbonyl (C=O) groups is 1. The van der Waals surface area contributed by atoms with Crippen LogP contribution in [0.3, 0.4) is 0 Å². The molecule has 1 aromatic rings. The monoisotopic (exact) mass is 303 g/mol. The summed E-state index contributed by atoms with van der Waals surface area (Å²) in [6.45, 7) is 2.57. The van der Waals surface area contributed by atoms with Crippen LogP contribution in [0.25, 0.3) is 0 Å².